The van der Waals surface area contributed by atoms with Gasteiger partial charge in [-0.25, -0.2) is 9.78 Å². The van der Waals surface area contributed by atoms with Gasteiger partial charge in [-0.1, -0.05) is 5.18 Å². The first-order valence-corrected chi connectivity index (χ1v) is 8.60. The number of H-pyrrole nitrogens is 1. The Bertz CT molecular complexity index is 806. The van der Waals surface area contributed by atoms with Crippen LogP contribution in [0.1, 0.15) is 12.6 Å². The highest BCUT2D eigenvalue weighted by Crippen LogP contribution is 2.41. The second-order valence-corrected chi connectivity index (χ2v) is 6.72. The minimum Gasteiger partial charge on any atom is -0.477 e. The van der Waals surface area contributed by atoms with Crippen LogP contribution < -0.4 is 5.32 Å². The third-order valence-electron chi connectivity index (χ3n) is 3.86. The van der Waals surface area contributed by atoms with Crippen LogP contribution in [-0.2, 0) is 25.7 Å². The van der Waals surface area contributed by atoms with E-state index in [4.69, 9.17) is 4.74 Å². The van der Waals surface area contributed by atoms with Crippen molar-refractivity contribution in [2.45, 2.75) is 24.9 Å². The summed E-state index contributed by atoms with van der Waals surface area (Å²) in [5.74, 6) is -1.58. The predicted molar refractivity (Wildman–Crippen MR) is 89.9 cm³/mol. The Balaban J connectivity index is 1.74. The van der Waals surface area contributed by atoms with Gasteiger partial charge in [-0.15, -0.1) is 11.8 Å². The summed E-state index contributed by atoms with van der Waals surface area (Å²) in [7, 11) is 0. The van der Waals surface area contributed by atoms with Gasteiger partial charge in [0.2, 0.25) is 5.95 Å². The molecule has 1 saturated heterocycles. The lowest BCUT2D eigenvalue weighted by molar-refractivity contribution is -0.147. The number of nitrogens with zero attached hydrogens (tertiary/aromatic N) is 3. The van der Waals surface area contributed by atoms with Crippen LogP contribution in [-0.4, -0.2) is 61.6 Å². The van der Waals surface area contributed by atoms with Crippen LogP contribution in [0.2, 0.25) is 0 Å². The van der Waals surface area contributed by atoms with Crippen LogP contribution in [0.5, 0.6) is 0 Å². The Labute approximate surface area is 151 Å². The smallest absolute Gasteiger partial charge is 0.352 e. The number of hydrogen-bond acceptors (Lipinski definition) is 9. The van der Waals surface area contributed by atoms with E-state index < -0.39 is 29.3 Å². The zero-order valence-electron chi connectivity index (χ0n) is 13.6. The van der Waals surface area contributed by atoms with E-state index in [1.54, 1.807) is 0 Å². The van der Waals surface area contributed by atoms with Crippen molar-refractivity contribution in [3.05, 3.63) is 28.1 Å². The molecule has 1 amide bonds. The number of aliphatic carboxylic acids is 1. The molecule has 3 rings (SSSR count). The van der Waals surface area contributed by atoms with Crippen molar-refractivity contribution in [3.8, 4) is 0 Å². The van der Waals surface area contributed by atoms with Gasteiger partial charge in [0.15, 0.2) is 0 Å². The van der Waals surface area contributed by atoms with E-state index in [0.29, 0.717) is 23.0 Å². The molecule has 0 bridgehead atoms. The highest BCUT2D eigenvalue weighted by atomic mass is 32.2. The average Bonchev–Trinajstić information content (AvgIpc) is 3.04. The maximum atomic E-state index is 12.5. The van der Waals surface area contributed by atoms with E-state index in [2.05, 4.69) is 20.5 Å². The van der Waals surface area contributed by atoms with Gasteiger partial charge in [-0.05, 0) is 0 Å². The molecule has 0 aliphatic carbocycles. The van der Waals surface area contributed by atoms with Gasteiger partial charge in [0.25, 0.3) is 5.91 Å². The fraction of sp³-hybridized carbons (Fsp3) is 0.429. The Morgan fingerprint density at radius 1 is 1.58 bits per heavy atom. The Kier molecular flexibility index (Phi) is 4.93. The predicted octanol–water partition coefficient (Wildman–Crippen LogP) is 0.274. The molecule has 2 aliphatic heterocycles. The highest BCUT2D eigenvalue weighted by Gasteiger charge is 2.54. The number of thioether (sulfide) groups is 1. The lowest BCUT2D eigenvalue weighted by Crippen LogP contribution is -2.67. The molecule has 3 heterocycles. The summed E-state index contributed by atoms with van der Waals surface area (Å²) >= 11 is 1.36. The van der Waals surface area contributed by atoms with E-state index in [9.17, 15) is 24.4 Å². The molecule has 2 aliphatic rings. The summed E-state index contributed by atoms with van der Waals surface area (Å²) < 4.78 is 4.88. The molecule has 0 saturated carbocycles. The standard InChI is InChI=1S/C14H15N5O6S/c1-6(20)25-4-7-5-26-12-9(11(21)19(12)10(7)13(22)23)18-14-15-2-8(17-14)3-16-24/h2,9,12H,3-5H2,1H3,(H,22,23)(H2,15,17,18)/t9?,12-/m0/s1. The van der Waals surface area contributed by atoms with Crippen LogP contribution in [0.4, 0.5) is 5.95 Å². The number of amides is 1. The van der Waals surface area contributed by atoms with E-state index in [-0.39, 0.29) is 18.8 Å². The molecule has 12 heteroatoms. The quantitative estimate of drug-likeness (QED) is 0.343. The molecule has 26 heavy (non-hydrogen) atoms. The number of β-lactam (4-membered cyclic amide) rings is 1. The zero-order valence-corrected chi connectivity index (χ0v) is 14.4. The SMILES string of the molecule is CC(=O)OCC1=C(C(=O)O)N2C(=O)C(Nc3ncc(CN=O)[nH]3)[C@@H]2SC1. The number of carboxylic acids is 1. The first kappa shape index (κ1) is 17.9. The number of carbonyl (C=O) groups is 3. The van der Waals surface area contributed by atoms with E-state index >= 15 is 0 Å². The summed E-state index contributed by atoms with van der Waals surface area (Å²) in [4.78, 5) is 53.3. The molecule has 0 spiro atoms. The van der Waals surface area contributed by atoms with Crippen molar-refractivity contribution in [2.24, 2.45) is 5.18 Å². The molecule has 1 aromatic rings. The molecule has 3 N–H and O–H groups in total. The largest absolute Gasteiger partial charge is 0.477 e. The third-order valence-corrected chi connectivity index (χ3v) is 5.19. The van der Waals surface area contributed by atoms with Gasteiger partial charge < -0.3 is 20.1 Å². The summed E-state index contributed by atoms with van der Waals surface area (Å²) in [6.45, 7) is 0.994. The van der Waals surface area contributed by atoms with Crippen molar-refractivity contribution in [1.82, 2.24) is 14.9 Å². The highest BCUT2D eigenvalue weighted by molar-refractivity contribution is 8.00. The number of imidazole rings is 1. The van der Waals surface area contributed by atoms with E-state index in [1.807, 2.05) is 0 Å². The number of esters is 1. The van der Waals surface area contributed by atoms with Crippen molar-refractivity contribution in [3.63, 3.8) is 0 Å². The van der Waals surface area contributed by atoms with Crippen molar-refractivity contribution < 1.29 is 24.2 Å². The summed E-state index contributed by atoms with van der Waals surface area (Å²) in [6.07, 6.45) is 1.43. The number of anilines is 1. The normalized spacial score (nSPS) is 21.7. The van der Waals surface area contributed by atoms with Gasteiger partial charge >= 0.3 is 11.9 Å². The van der Waals surface area contributed by atoms with E-state index in [1.165, 1.54) is 29.8 Å². The number of carbonyl (C=O) groups excluding carboxylic acids is 2. The lowest BCUT2D eigenvalue weighted by Gasteiger charge is -2.49. The molecule has 1 unspecified atom stereocenters. The fourth-order valence-electron chi connectivity index (χ4n) is 2.71. The second-order valence-electron chi connectivity index (χ2n) is 5.61. The summed E-state index contributed by atoms with van der Waals surface area (Å²) in [5, 5.41) is 14.7. The second kappa shape index (κ2) is 7.15. The van der Waals surface area contributed by atoms with Crippen LogP contribution in [0.25, 0.3) is 0 Å². The number of fused-ring (bicyclic) bond motifs is 1. The lowest BCUT2D eigenvalue weighted by atomic mass is 10.0. The number of nitroso groups, excluding NO2 is 1. The first-order valence-electron chi connectivity index (χ1n) is 7.55. The maximum absolute atomic E-state index is 12.5. The van der Waals surface area contributed by atoms with Crippen LogP contribution in [0.15, 0.2) is 22.6 Å². The van der Waals surface area contributed by atoms with Gasteiger partial charge in [0.1, 0.15) is 30.3 Å². The van der Waals surface area contributed by atoms with Gasteiger partial charge in [0, 0.05) is 18.2 Å². The molecule has 1 fully saturated rings. The molecule has 138 valence electrons. The molecule has 11 nitrogen and oxygen atoms in total. The van der Waals surface area contributed by atoms with E-state index in [0.717, 1.165) is 0 Å². The van der Waals surface area contributed by atoms with Crippen molar-refractivity contribution in [2.75, 3.05) is 17.7 Å². The number of ether oxygens (including phenoxy) is 1. The van der Waals surface area contributed by atoms with Gasteiger partial charge in [-0.3, -0.25) is 14.5 Å². The number of hydrogen-bond donors (Lipinski definition) is 3. The molecular formula is C14H15N5O6S. The number of aromatic nitrogens is 2. The summed E-state index contributed by atoms with van der Waals surface area (Å²) in [5.41, 5.74) is 0.721. The molecule has 1 aromatic heterocycles. The maximum Gasteiger partial charge on any atom is 0.352 e. The minimum atomic E-state index is -1.25. The number of rotatable bonds is 7. The number of carboxylic acid groups (broad SMARTS) is 1. The van der Waals surface area contributed by atoms with Crippen LogP contribution in [0, 0.1) is 4.91 Å². The van der Waals surface area contributed by atoms with Crippen LogP contribution in [0.3, 0.4) is 0 Å². The van der Waals surface area contributed by atoms with Crippen molar-refractivity contribution in [1.29, 1.82) is 0 Å². The molecule has 2 atom stereocenters. The first-order chi connectivity index (χ1) is 12.4. The Hall–Kier alpha value is -2.89. The van der Waals surface area contributed by atoms with Crippen molar-refractivity contribution >= 4 is 35.6 Å². The summed E-state index contributed by atoms with van der Waals surface area (Å²) in [6, 6.07) is -0.659. The third kappa shape index (κ3) is 3.27. The zero-order chi connectivity index (χ0) is 18.8. The number of aromatic amines is 1. The Morgan fingerprint density at radius 3 is 3.00 bits per heavy atom. The fourth-order valence-corrected chi connectivity index (χ4v) is 4.04. The molecule has 0 aromatic carbocycles. The van der Waals surface area contributed by atoms with Gasteiger partial charge in [-0.2, -0.15) is 4.91 Å². The minimum absolute atomic E-state index is 0.0665. The monoisotopic (exact) mass is 381 g/mol. The average molecular weight is 381 g/mol. The Morgan fingerprint density at radius 2 is 2.35 bits per heavy atom. The topological polar surface area (TPSA) is 154 Å². The molecular weight excluding hydrogens is 366 g/mol. The van der Waals surface area contributed by atoms with Crippen LogP contribution >= 0.6 is 11.8 Å². The molecule has 0 radical (unpaired) electrons. The van der Waals surface area contributed by atoms with Gasteiger partial charge in [0.05, 0.1) is 11.9 Å². The number of nitrogens with one attached hydrogen (secondary N) is 2.